The van der Waals surface area contributed by atoms with E-state index in [2.05, 4.69) is 14.9 Å². The van der Waals surface area contributed by atoms with Gasteiger partial charge in [0.05, 0.1) is 12.3 Å². The molecule has 1 aromatic carbocycles. The minimum Gasteiger partial charge on any atom is -0.490 e. The molecule has 2 rings (SSSR count). The number of alkyl halides is 2. The maximum atomic E-state index is 12.4. The SMILES string of the molecule is CCOc1cc(C2=NN=C(N)CC2C)ccc1OC(F)F. The number of hydrogen-bond acceptors (Lipinski definition) is 5. The van der Waals surface area contributed by atoms with Gasteiger partial charge in [-0.15, -0.1) is 5.10 Å². The fourth-order valence-electron chi connectivity index (χ4n) is 2.14. The van der Waals surface area contributed by atoms with Crippen molar-refractivity contribution in [3.63, 3.8) is 0 Å². The number of amidine groups is 1. The van der Waals surface area contributed by atoms with E-state index in [0.29, 0.717) is 18.9 Å². The Labute approximate surface area is 121 Å². The van der Waals surface area contributed by atoms with E-state index in [1.807, 2.05) is 6.92 Å². The molecule has 0 saturated carbocycles. The molecule has 7 heteroatoms. The van der Waals surface area contributed by atoms with Crippen molar-refractivity contribution in [2.24, 2.45) is 21.9 Å². The Morgan fingerprint density at radius 1 is 1.33 bits per heavy atom. The van der Waals surface area contributed by atoms with Gasteiger partial charge in [-0.05, 0) is 25.1 Å². The maximum Gasteiger partial charge on any atom is 0.387 e. The molecule has 2 N–H and O–H groups in total. The molecule has 0 aromatic heterocycles. The third-order valence-corrected chi connectivity index (χ3v) is 3.02. The number of nitrogens with two attached hydrogens (primary N) is 1. The lowest BCUT2D eigenvalue weighted by molar-refractivity contribution is -0.0514. The molecule has 0 amide bonds. The Hall–Kier alpha value is -2.18. The quantitative estimate of drug-likeness (QED) is 0.908. The third kappa shape index (κ3) is 3.68. The number of benzene rings is 1. The molecule has 1 unspecified atom stereocenters. The summed E-state index contributed by atoms with van der Waals surface area (Å²) in [4.78, 5) is 0. The largest absolute Gasteiger partial charge is 0.490 e. The second kappa shape index (κ2) is 6.51. The number of halogens is 2. The Bertz CT molecular complexity index is 573. The first-order chi connectivity index (χ1) is 10.0. The van der Waals surface area contributed by atoms with Gasteiger partial charge in [0, 0.05) is 17.9 Å². The van der Waals surface area contributed by atoms with Crippen LogP contribution in [0.2, 0.25) is 0 Å². The monoisotopic (exact) mass is 297 g/mol. The van der Waals surface area contributed by atoms with Gasteiger partial charge in [-0.2, -0.15) is 13.9 Å². The second-order valence-corrected chi connectivity index (χ2v) is 4.65. The van der Waals surface area contributed by atoms with Crippen LogP contribution in [0.25, 0.3) is 0 Å². The summed E-state index contributed by atoms with van der Waals surface area (Å²) in [5, 5.41) is 7.96. The van der Waals surface area contributed by atoms with Crippen molar-refractivity contribution in [3.05, 3.63) is 23.8 Å². The van der Waals surface area contributed by atoms with E-state index in [9.17, 15) is 8.78 Å². The van der Waals surface area contributed by atoms with Gasteiger partial charge in [-0.1, -0.05) is 6.92 Å². The highest BCUT2D eigenvalue weighted by Crippen LogP contribution is 2.31. The van der Waals surface area contributed by atoms with Crippen molar-refractivity contribution in [2.75, 3.05) is 6.61 Å². The zero-order valence-corrected chi connectivity index (χ0v) is 11.8. The van der Waals surface area contributed by atoms with Crippen LogP contribution in [0, 0.1) is 5.92 Å². The minimum absolute atomic E-state index is 0.00248. The summed E-state index contributed by atoms with van der Waals surface area (Å²) in [6.45, 7) is 1.19. The first kappa shape index (κ1) is 15.2. The van der Waals surface area contributed by atoms with E-state index in [1.165, 1.54) is 6.07 Å². The van der Waals surface area contributed by atoms with Crippen molar-refractivity contribution < 1.29 is 18.3 Å². The molecule has 5 nitrogen and oxygen atoms in total. The summed E-state index contributed by atoms with van der Waals surface area (Å²) >= 11 is 0. The van der Waals surface area contributed by atoms with Gasteiger partial charge in [0.25, 0.3) is 0 Å². The Morgan fingerprint density at radius 3 is 2.71 bits per heavy atom. The molecule has 114 valence electrons. The molecule has 0 fully saturated rings. The molecule has 21 heavy (non-hydrogen) atoms. The summed E-state index contributed by atoms with van der Waals surface area (Å²) in [7, 11) is 0. The summed E-state index contributed by atoms with van der Waals surface area (Å²) in [5.41, 5.74) is 7.13. The van der Waals surface area contributed by atoms with Crippen molar-refractivity contribution in [1.82, 2.24) is 0 Å². The number of nitrogens with zero attached hydrogens (tertiary/aromatic N) is 2. The van der Waals surface area contributed by atoms with E-state index in [-0.39, 0.29) is 17.4 Å². The van der Waals surface area contributed by atoms with Crippen molar-refractivity contribution in [1.29, 1.82) is 0 Å². The molecule has 0 radical (unpaired) electrons. The summed E-state index contributed by atoms with van der Waals surface area (Å²) < 4.78 is 34.5. The molecule has 1 atom stereocenters. The average Bonchev–Trinajstić information content (AvgIpc) is 2.41. The summed E-state index contributed by atoms with van der Waals surface area (Å²) in [6.07, 6.45) is 0.609. The number of hydrogen-bond donors (Lipinski definition) is 1. The minimum atomic E-state index is -2.90. The Kier molecular flexibility index (Phi) is 4.72. The molecular weight excluding hydrogens is 280 g/mol. The lowest BCUT2D eigenvalue weighted by Crippen LogP contribution is -2.25. The van der Waals surface area contributed by atoms with Crippen LogP contribution in [0.1, 0.15) is 25.8 Å². The number of ether oxygens (including phenoxy) is 2. The molecule has 1 aliphatic heterocycles. The van der Waals surface area contributed by atoms with E-state index in [4.69, 9.17) is 10.5 Å². The second-order valence-electron chi connectivity index (χ2n) is 4.65. The van der Waals surface area contributed by atoms with Crippen LogP contribution in [0.3, 0.4) is 0 Å². The Balaban J connectivity index is 2.35. The van der Waals surface area contributed by atoms with Crippen molar-refractivity contribution >= 4 is 11.5 Å². The lowest BCUT2D eigenvalue weighted by Gasteiger charge is -2.19. The highest BCUT2D eigenvalue weighted by Gasteiger charge is 2.20. The summed E-state index contributed by atoms with van der Waals surface area (Å²) in [5.74, 6) is 0.836. The van der Waals surface area contributed by atoms with E-state index in [0.717, 1.165) is 11.3 Å². The van der Waals surface area contributed by atoms with Crippen LogP contribution < -0.4 is 15.2 Å². The van der Waals surface area contributed by atoms with Gasteiger partial charge in [0.2, 0.25) is 0 Å². The zero-order valence-electron chi connectivity index (χ0n) is 11.8. The lowest BCUT2D eigenvalue weighted by atomic mass is 9.94. The topological polar surface area (TPSA) is 69.2 Å². The molecule has 0 spiro atoms. The van der Waals surface area contributed by atoms with Crippen LogP contribution in [-0.2, 0) is 0 Å². The van der Waals surface area contributed by atoms with Gasteiger partial charge in [0.15, 0.2) is 11.5 Å². The average molecular weight is 297 g/mol. The molecule has 0 bridgehead atoms. The maximum absolute atomic E-state index is 12.4. The number of rotatable bonds is 5. The smallest absolute Gasteiger partial charge is 0.387 e. The molecule has 0 saturated heterocycles. The van der Waals surface area contributed by atoms with Crippen LogP contribution in [0.5, 0.6) is 11.5 Å². The van der Waals surface area contributed by atoms with Gasteiger partial charge in [0.1, 0.15) is 5.84 Å². The first-order valence-corrected chi connectivity index (χ1v) is 6.63. The predicted octanol–water partition coefficient (Wildman–Crippen LogP) is 2.79. The van der Waals surface area contributed by atoms with Gasteiger partial charge >= 0.3 is 6.61 Å². The van der Waals surface area contributed by atoms with Gasteiger partial charge in [-0.3, -0.25) is 0 Å². The standard InChI is InChI=1S/C14H17F2N3O2/c1-3-20-11-7-9(4-5-10(11)21-14(15)16)13-8(2)6-12(17)18-19-13/h4-5,7-8,14H,3,6H2,1-2H3,(H2,17,18). The van der Waals surface area contributed by atoms with Crippen LogP contribution in [0.4, 0.5) is 8.78 Å². The van der Waals surface area contributed by atoms with E-state index >= 15 is 0 Å². The zero-order chi connectivity index (χ0) is 15.4. The fraction of sp³-hybridized carbons (Fsp3) is 0.429. The molecule has 0 aliphatic carbocycles. The van der Waals surface area contributed by atoms with Gasteiger partial charge < -0.3 is 15.2 Å². The molecular formula is C14H17F2N3O2. The van der Waals surface area contributed by atoms with Gasteiger partial charge in [-0.25, -0.2) is 0 Å². The predicted molar refractivity (Wildman–Crippen MR) is 76.2 cm³/mol. The Morgan fingerprint density at radius 2 is 2.10 bits per heavy atom. The summed E-state index contributed by atoms with van der Waals surface area (Å²) in [6, 6.07) is 4.74. The molecule has 1 aliphatic rings. The molecule has 1 aromatic rings. The highest BCUT2D eigenvalue weighted by atomic mass is 19.3. The fourth-order valence-corrected chi connectivity index (χ4v) is 2.14. The molecule has 1 heterocycles. The third-order valence-electron chi connectivity index (χ3n) is 3.02. The van der Waals surface area contributed by atoms with Crippen molar-refractivity contribution in [2.45, 2.75) is 26.9 Å². The van der Waals surface area contributed by atoms with Crippen LogP contribution >= 0.6 is 0 Å². The van der Waals surface area contributed by atoms with Crippen molar-refractivity contribution in [3.8, 4) is 11.5 Å². The highest BCUT2D eigenvalue weighted by molar-refractivity contribution is 6.06. The van der Waals surface area contributed by atoms with E-state index in [1.54, 1.807) is 19.1 Å². The van der Waals surface area contributed by atoms with Crippen LogP contribution in [-0.4, -0.2) is 24.8 Å². The van der Waals surface area contributed by atoms with Crippen LogP contribution in [0.15, 0.2) is 28.4 Å². The normalized spacial score (nSPS) is 18.2. The first-order valence-electron chi connectivity index (χ1n) is 6.63. The van der Waals surface area contributed by atoms with E-state index < -0.39 is 6.61 Å².